The van der Waals surface area contributed by atoms with Gasteiger partial charge in [0.15, 0.2) is 0 Å². The molecule has 0 saturated carbocycles. The van der Waals surface area contributed by atoms with Crippen LogP contribution < -0.4 is 0 Å². The van der Waals surface area contributed by atoms with E-state index in [4.69, 9.17) is 4.74 Å². The summed E-state index contributed by atoms with van der Waals surface area (Å²) in [5.74, 6) is 0.0190. The average molecular weight is 383 g/mol. The fourth-order valence-electron chi connectivity index (χ4n) is 3.60. The van der Waals surface area contributed by atoms with Gasteiger partial charge in [0.25, 0.3) is 0 Å². The maximum atomic E-state index is 11.7. The Morgan fingerprint density at radius 1 is 0.481 bits per heavy atom. The van der Waals surface area contributed by atoms with Crippen molar-refractivity contribution in [3.63, 3.8) is 0 Å². The Bertz CT molecular complexity index is 288. The molecule has 27 heavy (non-hydrogen) atoms. The van der Waals surface area contributed by atoms with Crippen molar-refractivity contribution in [3.8, 4) is 0 Å². The van der Waals surface area contributed by atoms with Crippen LogP contribution in [0.15, 0.2) is 0 Å². The van der Waals surface area contributed by atoms with Crippen LogP contribution in [0.1, 0.15) is 149 Å². The summed E-state index contributed by atoms with van der Waals surface area (Å²) >= 11 is 0. The first-order valence-corrected chi connectivity index (χ1v) is 12.5. The number of rotatable bonds is 22. The Morgan fingerprint density at radius 3 is 1.22 bits per heavy atom. The minimum atomic E-state index is 0.0190. The van der Waals surface area contributed by atoms with Gasteiger partial charge in [0.2, 0.25) is 0 Å². The fraction of sp³-hybridized carbons (Fsp3) is 0.960. The lowest BCUT2D eigenvalue weighted by molar-refractivity contribution is -0.143. The predicted molar refractivity (Wildman–Crippen MR) is 119 cm³/mol. The van der Waals surface area contributed by atoms with Crippen molar-refractivity contribution >= 4 is 5.97 Å². The molecule has 0 heterocycles. The molecular weight excluding hydrogens is 332 g/mol. The highest BCUT2D eigenvalue weighted by molar-refractivity contribution is 5.69. The maximum absolute atomic E-state index is 11.7. The van der Waals surface area contributed by atoms with E-state index in [0.717, 1.165) is 12.8 Å². The number of unbranched alkanes of at least 4 members (excludes halogenated alkanes) is 18. The van der Waals surface area contributed by atoms with Gasteiger partial charge in [-0.3, -0.25) is 4.79 Å². The largest absolute Gasteiger partial charge is 0.466 e. The monoisotopic (exact) mass is 382 g/mol. The molecule has 0 N–H and O–H groups in total. The van der Waals surface area contributed by atoms with Gasteiger partial charge in [0.05, 0.1) is 6.61 Å². The van der Waals surface area contributed by atoms with Crippen LogP contribution in [0, 0.1) is 0 Å². The summed E-state index contributed by atoms with van der Waals surface area (Å²) in [5.41, 5.74) is 0. The van der Waals surface area contributed by atoms with Gasteiger partial charge in [-0.15, -0.1) is 0 Å². The lowest BCUT2D eigenvalue weighted by Crippen LogP contribution is -2.05. The normalized spacial score (nSPS) is 11.0. The van der Waals surface area contributed by atoms with E-state index in [-0.39, 0.29) is 5.97 Å². The summed E-state index contributed by atoms with van der Waals surface area (Å²) in [6.07, 6.45) is 26.9. The molecule has 0 amide bonds. The highest BCUT2D eigenvalue weighted by Crippen LogP contribution is 2.12. The number of hydrogen-bond donors (Lipinski definition) is 0. The lowest BCUT2D eigenvalue weighted by Gasteiger charge is -2.05. The summed E-state index contributed by atoms with van der Waals surface area (Å²) in [6, 6.07) is 0. The van der Waals surface area contributed by atoms with Gasteiger partial charge in [-0.05, 0) is 12.8 Å². The van der Waals surface area contributed by atoms with E-state index in [1.165, 1.54) is 116 Å². The van der Waals surface area contributed by atoms with Crippen LogP contribution >= 0.6 is 0 Å². The van der Waals surface area contributed by atoms with Crippen molar-refractivity contribution in [2.24, 2.45) is 0 Å². The molecule has 0 radical (unpaired) electrons. The molecule has 0 aromatic carbocycles. The quantitative estimate of drug-likeness (QED) is 0.138. The van der Waals surface area contributed by atoms with Crippen molar-refractivity contribution in [1.29, 1.82) is 0 Å². The molecule has 2 nitrogen and oxygen atoms in total. The first-order valence-electron chi connectivity index (χ1n) is 12.5. The zero-order valence-electron chi connectivity index (χ0n) is 18.9. The Kier molecular flexibility index (Phi) is 23.0. The molecule has 0 bridgehead atoms. The minimum Gasteiger partial charge on any atom is -0.466 e. The molecule has 0 aliphatic rings. The predicted octanol–water partition coefficient (Wildman–Crippen LogP) is 8.76. The second kappa shape index (κ2) is 23.5. The summed E-state index contributed by atoms with van der Waals surface area (Å²) < 4.78 is 5.36. The number of hydrogen-bond acceptors (Lipinski definition) is 2. The molecule has 0 aromatic heterocycles. The molecule has 162 valence electrons. The molecule has 2 heteroatoms. The zero-order valence-corrected chi connectivity index (χ0v) is 18.9. The van der Waals surface area contributed by atoms with Gasteiger partial charge in [-0.25, -0.2) is 0 Å². The molecule has 0 unspecified atom stereocenters. The number of carbonyl (C=O) groups excluding carboxylic acids is 1. The van der Waals surface area contributed by atoms with Gasteiger partial charge in [0.1, 0.15) is 0 Å². The van der Waals surface area contributed by atoms with E-state index in [1.54, 1.807) is 0 Å². The van der Waals surface area contributed by atoms with E-state index < -0.39 is 0 Å². The third-order valence-electron chi connectivity index (χ3n) is 5.50. The SMILES string of the molecule is CCCCCCCCCCCCOC(=O)CCCCCCCCCCCC. The molecule has 0 aromatic rings. The number of ether oxygens (including phenoxy) is 1. The highest BCUT2D eigenvalue weighted by atomic mass is 16.5. The molecule has 0 atom stereocenters. The second-order valence-corrected chi connectivity index (χ2v) is 8.33. The van der Waals surface area contributed by atoms with Gasteiger partial charge in [0, 0.05) is 6.42 Å². The van der Waals surface area contributed by atoms with Gasteiger partial charge in [-0.2, -0.15) is 0 Å². The van der Waals surface area contributed by atoms with Crippen molar-refractivity contribution in [2.45, 2.75) is 149 Å². The summed E-state index contributed by atoms with van der Waals surface area (Å²) in [5, 5.41) is 0. The molecule has 0 spiro atoms. The van der Waals surface area contributed by atoms with Crippen LogP contribution in [0.25, 0.3) is 0 Å². The Morgan fingerprint density at radius 2 is 0.815 bits per heavy atom. The highest BCUT2D eigenvalue weighted by Gasteiger charge is 2.02. The topological polar surface area (TPSA) is 26.3 Å². The van der Waals surface area contributed by atoms with E-state index in [9.17, 15) is 4.79 Å². The van der Waals surface area contributed by atoms with Crippen LogP contribution in [0.2, 0.25) is 0 Å². The number of esters is 1. The third kappa shape index (κ3) is 23.4. The smallest absolute Gasteiger partial charge is 0.305 e. The zero-order chi connectivity index (χ0) is 19.8. The van der Waals surface area contributed by atoms with Crippen molar-refractivity contribution in [3.05, 3.63) is 0 Å². The van der Waals surface area contributed by atoms with Crippen molar-refractivity contribution < 1.29 is 9.53 Å². The molecule has 0 aliphatic carbocycles. The Balaban J connectivity index is 3.13. The summed E-state index contributed by atoms with van der Waals surface area (Å²) in [7, 11) is 0. The average Bonchev–Trinajstić information content (AvgIpc) is 2.67. The second-order valence-electron chi connectivity index (χ2n) is 8.33. The van der Waals surface area contributed by atoms with Crippen LogP contribution in [0.3, 0.4) is 0 Å². The fourth-order valence-corrected chi connectivity index (χ4v) is 3.60. The van der Waals surface area contributed by atoms with Crippen molar-refractivity contribution in [1.82, 2.24) is 0 Å². The molecule has 0 saturated heterocycles. The molecule has 0 rings (SSSR count). The van der Waals surface area contributed by atoms with E-state index in [1.807, 2.05) is 0 Å². The van der Waals surface area contributed by atoms with Crippen LogP contribution in [0.4, 0.5) is 0 Å². The Labute approximate surface area is 171 Å². The summed E-state index contributed by atoms with van der Waals surface area (Å²) in [6.45, 7) is 5.17. The van der Waals surface area contributed by atoms with Gasteiger partial charge in [-0.1, -0.05) is 129 Å². The number of carbonyl (C=O) groups is 1. The minimum absolute atomic E-state index is 0.0190. The van der Waals surface area contributed by atoms with Gasteiger partial charge >= 0.3 is 5.97 Å². The first kappa shape index (κ1) is 26.5. The summed E-state index contributed by atoms with van der Waals surface area (Å²) in [4.78, 5) is 11.7. The molecule has 0 fully saturated rings. The maximum Gasteiger partial charge on any atom is 0.305 e. The Hall–Kier alpha value is -0.530. The van der Waals surface area contributed by atoms with Crippen LogP contribution in [-0.4, -0.2) is 12.6 Å². The van der Waals surface area contributed by atoms with Crippen molar-refractivity contribution in [2.75, 3.05) is 6.61 Å². The lowest BCUT2D eigenvalue weighted by atomic mass is 10.1. The first-order chi connectivity index (χ1) is 13.3. The standard InChI is InChI=1S/C25H50O2/c1-3-5-7-9-11-13-15-17-19-21-23-25(26)27-24-22-20-18-16-14-12-10-8-6-4-2/h3-24H2,1-2H3. The van der Waals surface area contributed by atoms with E-state index >= 15 is 0 Å². The molecule has 0 aliphatic heterocycles. The van der Waals surface area contributed by atoms with Crippen LogP contribution in [0.5, 0.6) is 0 Å². The van der Waals surface area contributed by atoms with E-state index in [2.05, 4.69) is 13.8 Å². The third-order valence-corrected chi connectivity index (χ3v) is 5.50. The van der Waals surface area contributed by atoms with Gasteiger partial charge < -0.3 is 4.74 Å². The van der Waals surface area contributed by atoms with E-state index in [0.29, 0.717) is 13.0 Å². The van der Waals surface area contributed by atoms with Crippen LogP contribution in [-0.2, 0) is 9.53 Å². The molecular formula is C25H50O2.